The summed E-state index contributed by atoms with van der Waals surface area (Å²) < 4.78 is 1.75. The molecule has 0 N–H and O–H groups in total. The molecular weight excluding hydrogens is 220 g/mol. The van der Waals surface area contributed by atoms with E-state index in [1.54, 1.807) is 16.4 Å². The fourth-order valence-electron chi connectivity index (χ4n) is 1.35. The van der Waals surface area contributed by atoms with E-state index in [4.69, 9.17) is 0 Å². The van der Waals surface area contributed by atoms with E-state index in [-0.39, 0.29) is 0 Å². The first-order valence-electron chi connectivity index (χ1n) is 4.91. The van der Waals surface area contributed by atoms with Crippen LogP contribution >= 0.6 is 11.8 Å². The molecule has 1 heterocycles. The number of tetrazole rings is 1. The van der Waals surface area contributed by atoms with E-state index in [2.05, 4.69) is 22.1 Å². The van der Waals surface area contributed by atoms with Gasteiger partial charge < -0.3 is 0 Å². The third kappa shape index (κ3) is 2.14. The topological polar surface area (TPSA) is 43.6 Å². The SMILES string of the molecule is C=CCSc1nnnn1-c1ccccc1C. The zero-order chi connectivity index (χ0) is 11.4. The van der Waals surface area contributed by atoms with Crippen molar-refractivity contribution >= 4 is 11.8 Å². The Morgan fingerprint density at radius 1 is 1.44 bits per heavy atom. The van der Waals surface area contributed by atoms with Crippen LogP contribution in [0.1, 0.15) is 5.56 Å². The summed E-state index contributed by atoms with van der Waals surface area (Å²) in [7, 11) is 0. The highest BCUT2D eigenvalue weighted by Gasteiger charge is 2.09. The standard InChI is InChI=1S/C11H12N4S/c1-3-8-16-11-12-13-14-15(11)10-7-5-4-6-9(10)2/h3-7H,1,8H2,2H3. The van der Waals surface area contributed by atoms with Gasteiger partial charge in [0.2, 0.25) is 5.16 Å². The summed E-state index contributed by atoms with van der Waals surface area (Å²) in [4.78, 5) is 0. The number of para-hydroxylation sites is 1. The minimum absolute atomic E-state index is 0.786. The third-order valence-electron chi connectivity index (χ3n) is 2.11. The zero-order valence-corrected chi connectivity index (χ0v) is 9.81. The molecular formula is C11H12N4S. The van der Waals surface area contributed by atoms with Crippen LogP contribution in [0, 0.1) is 6.92 Å². The quantitative estimate of drug-likeness (QED) is 0.599. The molecule has 0 saturated heterocycles. The van der Waals surface area contributed by atoms with E-state index in [1.165, 1.54) is 0 Å². The summed E-state index contributed by atoms with van der Waals surface area (Å²) in [6.07, 6.45) is 1.83. The molecule has 0 radical (unpaired) electrons. The molecule has 1 aromatic carbocycles. The molecule has 0 bridgehead atoms. The summed E-state index contributed by atoms with van der Waals surface area (Å²) in [5.41, 5.74) is 2.16. The van der Waals surface area contributed by atoms with E-state index in [0.29, 0.717) is 0 Å². The van der Waals surface area contributed by atoms with Crippen LogP contribution in [0.3, 0.4) is 0 Å². The van der Waals surface area contributed by atoms with Crippen molar-refractivity contribution in [3.8, 4) is 5.69 Å². The Kier molecular flexibility index (Phi) is 3.36. The van der Waals surface area contributed by atoms with Crippen LogP contribution in [0.15, 0.2) is 42.1 Å². The second-order valence-corrected chi connectivity index (χ2v) is 4.25. The maximum Gasteiger partial charge on any atom is 0.214 e. The van der Waals surface area contributed by atoms with E-state index < -0.39 is 0 Å². The average Bonchev–Trinajstić information content (AvgIpc) is 2.75. The van der Waals surface area contributed by atoms with Crippen LogP contribution in [0.25, 0.3) is 5.69 Å². The molecule has 0 atom stereocenters. The monoisotopic (exact) mass is 232 g/mol. The van der Waals surface area contributed by atoms with Crippen LogP contribution in [0.2, 0.25) is 0 Å². The summed E-state index contributed by atoms with van der Waals surface area (Å²) in [5.74, 6) is 0.798. The Morgan fingerprint density at radius 3 is 3.00 bits per heavy atom. The van der Waals surface area contributed by atoms with Crippen molar-refractivity contribution in [1.82, 2.24) is 20.2 Å². The number of rotatable bonds is 4. The molecule has 0 aliphatic rings. The minimum atomic E-state index is 0.786. The van der Waals surface area contributed by atoms with Crippen molar-refractivity contribution in [2.24, 2.45) is 0 Å². The van der Waals surface area contributed by atoms with Gasteiger partial charge in [0.25, 0.3) is 0 Å². The Hall–Kier alpha value is -1.62. The molecule has 1 aromatic heterocycles. The zero-order valence-electron chi connectivity index (χ0n) is 9.00. The highest BCUT2D eigenvalue weighted by Crippen LogP contribution is 2.19. The van der Waals surface area contributed by atoms with Gasteiger partial charge in [-0.15, -0.1) is 11.7 Å². The first-order valence-corrected chi connectivity index (χ1v) is 5.89. The second kappa shape index (κ2) is 4.94. The molecule has 0 unspecified atom stereocenters. The van der Waals surface area contributed by atoms with Crippen molar-refractivity contribution in [1.29, 1.82) is 0 Å². The Balaban J connectivity index is 2.37. The number of aryl methyl sites for hydroxylation is 1. The van der Waals surface area contributed by atoms with Crippen LogP contribution < -0.4 is 0 Å². The fourth-order valence-corrected chi connectivity index (χ4v) is 1.97. The number of nitrogens with zero attached hydrogens (tertiary/aromatic N) is 4. The first-order chi connectivity index (χ1) is 7.83. The maximum absolute atomic E-state index is 4.00. The molecule has 2 rings (SSSR count). The molecule has 4 nitrogen and oxygen atoms in total. The number of benzene rings is 1. The number of aromatic nitrogens is 4. The van der Waals surface area contributed by atoms with E-state index in [0.717, 1.165) is 22.2 Å². The maximum atomic E-state index is 4.00. The van der Waals surface area contributed by atoms with Gasteiger partial charge in [-0.25, -0.2) is 0 Å². The summed E-state index contributed by atoms with van der Waals surface area (Å²) in [6.45, 7) is 5.72. The van der Waals surface area contributed by atoms with Gasteiger partial charge in [-0.1, -0.05) is 36.0 Å². The number of thioether (sulfide) groups is 1. The van der Waals surface area contributed by atoms with E-state index >= 15 is 0 Å². The molecule has 0 aliphatic carbocycles. The predicted octanol–water partition coefficient (Wildman–Crippen LogP) is 2.25. The van der Waals surface area contributed by atoms with E-state index in [9.17, 15) is 0 Å². The summed E-state index contributed by atoms with van der Waals surface area (Å²) >= 11 is 1.57. The predicted molar refractivity (Wildman–Crippen MR) is 64.8 cm³/mol. The summed E-state index contributed by atoms with van der Waals surface area (Å²) in [6, 6.07) is 8.02. The lowest BCUT2D eigenvalue weighted by molar-refractivity contribution is 0.752. The Morgan fingerprint density at radius 2 is 2.25 bits per heavy atom. The lowest BCUT2D eigenvalue weighted by Crippen LogP contribution is -2.01. The average molecular weight is 232 g/mol. The lowest BCUT2D eigenvalue weighted by Gasteiger charge is -2.05. The largest absolute Gasteiger partial charge is 0.214 e. The molecule has 0 aliphatic heterocycles. The van der Waals surface area contributed by atoms with Crippen LogP contribution in [0.5, 0.6) is 0 Å². The third-order valence-corrected chi connectivity index (χ3v) is 3.03. The highest BCUT2D eigenvalue weighted by atomic mass is 32.2. The van der Waals surface area contributed by atoms with Gasteiger partial charge in [0.1, 0.15) is 0 Å². The van der Waals surface area contributed by atoms with Gasteiger partial charge in [0.15, 0.2) is 0 Å². The summed E-state index contributed by atoms with van der Waals surface area (Å²) in [5, 5.41) is 12.5. The second-order valence-electron chi connectivity index (χ2n) is 3.26. The van der Waals surface area contributed by atoms with Crippen LogP contribution in [0.4, 0.5) is 0 Å². The highest BCUT2D eigenvalue weighted by molar-refractivity contribution is 7.99. The van der Waals surface area contributed by atoms with Crippen molar-refractivity contribution in [2.45, 2.75) is 12.1 Å². The van der Waals surface area contributed by atoms with Crippen molar-refractivity contribution in [2.75, 3.05) is 5.75 Å². The van der Waals surface area contributed by atoms with Gasteiger partial charge >= 0.3 is 0 Å². The molecule has 16 heavy (non-hydrogen) atoms. The van der Waals surface area contributed by atoms with E-state index in [1.807, 2.05) is 37.3 Å². The smallest absolute Gasteiger partial charge is 0.187 e. The normalized spacial score (nSPS) is 10.3. The molecule has 2 aromatic rings. The van der Waals surface area contributed by atoms with Gasteiger partial charge in [0.05, 0.1) is 5.69 Å². The number of hydrogen-bond acceptors (Lipinski definition) is 4. The molecule has 5 heteroatoms. The Bertz CT molecular complexity index is 492. The Labute approximate surface area is 98.4 Å². The minimum Gasteiger partial charge on any atom is -0.187 e. The van der Waals surface area contributed by atoms with Gasteiger partial charge in [-0.2, -0.15) is 4.68 Å². The van der Waals surface area contributed by atoms with Crippen molar-refractivity contribution in [3.05, 3.63) is 42.5 Å². The van der Waals surface area contributed by atoms with Gasteiger partial charge in [-0.05, 0) is 29.0 Å². The number of hydrogen-bond donors (Lipinski definition) is 0. The van der Waals surface area contributed by atoms with Gasteiger partial charge in [-0.3, -0.25) is 0 Å². The molecule has 0 fully saturated rings. The van der Waals surface area contributed by atoms with Crippen LogP contribution in [-0.2, 0) is 0 Å². The van der Waals surface area contributed by atoms with Gasteiger partial charge in [0, 0.05) is 5.75 Å². The lowest BCUT2D eigenvalue weighted by atomic mass is 10.2. The fraction of sp³-hybridized carbons (Fsp3) is 0.182. The van der Waals surface area contributed by atoms with Crippen molar-refractivity contribution < 1.29 is 0 Å². The molecule has 0 amide bonds. The molecule has 0 spiro atoms. The molecule has 0 saturated carbocycles. The first kappa shape index (κ1) is 10.9. The van der Waals surface area contributed by atoms with Crippen molar-refractivity contribution in [3.63, 3.8) is 0 Å². The van der Waals surface area contributed by atoms with Crippen LogP contribution in [-0.4, -0.2) is 26.0 Å². The molecule has 82 valence electrons.